The minimum atomic E-state index is -0.798. The maximum absolute atomic E-state index is 13.3. The molecule has 0 saturated heterocycles. The number of likely N-dealkylation sites (N-methyl/N-ethyl adjacent to an activating group) is 1. The van der Waals surface area contributed by atoms with Gasteiger partial charge in [-0.2, -0.15) is 0 Å². The largest absolute Gasteiger partial charge is 0.495 e. The van der Waals surface area contributed by atoms with Crippen LogP contribution in [-0.2, 0) is 4.79 Å². The monoisotopic (exact) mass is 434 g/mol. The van der Waals surface area contributed by atoms with Gasteiger partial charge in [0.25, 0.3) is 11.8 Å². The molecule has 1 unspecified atom stereocenters. The van der Waals surface area contributed by atoms with Crippen molar-refractivity contribution in [1.82, 2.24) is 5.32 Å². The number of hydrogen-bond acceptors (Lipinski definition) is 5. The lowest BCUT2D eigenvalue weighted by Crippen LogP contribution is -2.50. The third kappa shape index (κ3) is 3.57. The Bertz CT molecular complexity index is 861. The van der Waals surface area contributed by atoms with Gasteiger partial charge in [0.15, 0.2) is 6.10 Å². The third-order valence-electron chi connectivity index (χ3n) is 4.25. The fraction of sp³-hybridized carbons (Fsp3) is 0.263. The van der Waals surface area contributed by atoms with Crippen LogP contribution in [-0.4, -0.2) is 45.7 Å². The van der Waals surface area contributed by atoms with Gasteiger partial charge in [0.05, 0.1) is 26.5 Å². The van der Waals surface area contributed by atoms with Crippen LogP contribution in [0.1, 0.15) is 10.4 Å². The first-order valence-electron chi connectivity index (χ1n) is 8.20. The highest BCUT2D eigenvalue weighted by molar-refractivity contribution is 9.10. The molecule has 0 radical (unpaired) electrons. The van der Waals surface area contributed by atoms with E-state index in [9.17, 15) is 9.59 Å². The lowest BCUT2D eigenvalue weighted by Gasteiger charge is -2.34. The van der Waals surface area contributed by atoms with Gasteiger partial charge in [-0.3, -0.25) is 9.59 Å². The summed E-state index contributed by atoms with van der Waals surface area (Å²) >= 11 is 3.40. The number of ether oxygens (including phenoxy) is 3. The second-order valence-corrected chi connectivity index (χ2v) is 6.59. The number of benzene rings is 2. The van der Waals surface area contributed by atoms with E-state index in [1.165, 1.54) is 26.2 Å². The number of anilines is 1. The van der Waals surface area contributed by atoms with E-state index in [0.29, 0.717) is 33.0 Å². The van der Waals surface area contributed by atoms with Gasteiger partial charge < -0.3 is 24.4 Å². The molecule has 142 valence electrons. The van der Waals surface area contributed by atoms with Crippen molar-refractivity contribution in [3.05, 3.63) is 46.4 Å². The summed E-state index contributed by atoms with van der Waals surface area (Å²) in [6, 6.07) is 10.4. The Morgan fingerprint density at radius 1 is 1.19 bits per heavy atom. The number of carbonyl (C=O) groups is 2. The highest BCUT2D eigenvalue weighted by atomic mass is 79.9. The number of fused-ring (bicyclic) bond motifs is 1. The zero-order valence-electron chi connectivity index (χ0n) is 15.1. The van der Waals surface area contributed by atoms with Gasteiger partial charge >= 0.3 is 0 Å². The maximum Gasteiger partial charge on any atom is 0.262 e. The Morgan fingerprint density at radius 2 is 1.81 bits per heavy atom. The SMILES string of the molecule is CNC(=O)C1CN(C(=O)c2cc(OC)c(Br)c(OC)c2)c2ccccc2O1. The van der Waals surface area contributed by atoms with Crippen LogP contribution in [0, 0.1) is 0 Å². The molecule has 1 aliphatic rings. The Hall–Kier alpha value is -2.74. The normalized spacial score (nSPS) is 15.4. The second kappa shape index (κ2) is 7.87. The molecule has 2 amide bonds. The number of amides is 2. The van der Waals surface area contributed by atoms with Crippen molar-refractivity contribution < 1.29 is 23.8 Å². The van der Waals surface area contributed by atoms with Gasteiger partial charge in [0.2, 0.25) is 0 Å². The highest BCUT2D eigenvalue weighted by Crippen LogP contribution is 2.38. The predicted molar refractivity (Wildman–Crippen MR) is 104 cm³/mol. The van der Waals surface area contributed by atoms with E-state index in [1.54, 1.807) is 30.3 Å². The predicted octanol–water partition coefficient (Wildman–Crippen LogP) is 2.62. The Labute approximate surface area is 165 Å². The minimum Gasteiger partial charge on any atom is -0.495 e. The minimum absolute atomic E-state index is 0.0935. The van der Waals surface area contributed by atoms with Crippen LogP contribution in [0.25, 0.3) is 0 Å². The van der Waals surface area contributed by atoms with Crippen molar-refractivity contribution in [3.8, 4) is 17.2 Å². The maximum atomic E-state index is 13.3. The Kier molecular flexibility index (Phi) is 5.55. The summed E-state index contributed by atoms with van der Waals surface area (Å²) in [5.41, 5.74) is 0.975. The van der Waals surface area contributed by atoms with E-state index in [-0.39, 0.29) is 18.4 Å². The molecule has 0 fully saturated rings. The average molecular weight is 435 g/mol. The van der Waals surface area contributed by atoms with Crippen LogP contribution in [0.3, 0.4) is 0 Å². The van der Waals surface area contributed by atoms with Crippen LogP contribution in [0.2, 0.25) is 0 Å². The number of carbonyl (C=O) groups excluding carboxylic acids is 2. The topological polar surface area (TPSA) is 77.1 Å². The molecule has 3 rings (SSSR count). The Morgan fingerprint density at radius 3 is 2.41 bits per heavy atom. The van der Waals surface area contributed by atoms with Gasteiger partial charge in [0.1, 0.15) is 21.7 Å². The molecule has 2 aromatic carbocycles. The standard InChI is InChI=1S/C19H19BrN2O5/c1-21-18(23)16-10-22(12-6-4-5-7-13(12)27-16)19(24)11-8-14(25-2)17(20)15(9-11)26-3/h4-9,16H,10H2,1-3H3,(H,21,23). The third-order valence-corrected chi connectivity index (χ3v) is 5.03. The summed E-state index contributed by atoms with van der Waals surface area (Å²) in [7, 11) is 4.56. The van der Waals surface area contributed by atoms with Crippen LogP contribution in [0.15, 0.2) is 40.9 Å². The number of para-hydroxylation sites is 2. The molecule has 2 aromatic rings. The summed E-state index contributed by atoms with van der Waals surface area (Å²) in [6.45, 7) is 0.0935. The first-order valence-corrected chi connectivity index (χ1v) is 9.00. The molecule has 1 atom stereocenters. The van der Waals surface area contributed by atoms with Crippen LogP contribution in [0.5, 0.6) is 17.2 Å². The summed E-state index contributed by atoms with van der Waals surface area (Å²) in [6.07, 6.45) is -0.798. The van der Waals surface area contributed by atoms with Crippen molar-refractivity contribution in [2.24, 2.45) is 0 Å². The van der Waals surface area contributed by atoms with Gasteiger partial charge in [-0.1, -0.05) is 12.1 Å². The van der Waals surface area contributed by atoms with Crippen molar-refractivity contribution in [3.63, 3.8) is 0 Å². The summed E-state index contributed by atoms with van der Waals surface area (Å²) in [5, 5.41) is 2.56. The van der Waals surface area contributed by atoms with Crippen molar-refractivity contribution >= 4 is 33.4 Å². The van der Waals surface area contributed by atoms with Crippen molar-refractivity contribution in [2.75, 3.05) is 32.7 Å². The molecule has 1 heterocycles. The fourth-order valence-electron chi connectivity index (χ4n) is 2.87. The summed E-state index contributed by atoms with van der Waals surface area (Å²) < 4.78 is 17.0. The van der Waals surface area contributed by atoms with Crippen LogP contribution < -0.4 is 24.4 Å². The number of hydrogen-bond donors (Lipinski definition) is 1. The zero-order chi connectivity index (χ0) is 19.6. The van der Waals surface area contributed by atoms with Crippen molar-refractivity contribution in [2.45, 2.75) is 6.10 Å². The quantitative estimate of drug-likeness (QED) is 0.799. The van der Waals surface area contributed by atoms with Gasteiger partial charge in [-0.05, 0) is 40.2 Å². The van der Waals surface area contributed by atoms with Gasteiger partial charge in [-0.25, -0.2) is 0 Å². The molecule has 1 N–H and O–H groups in total. The summed E-state index contributed by atoms with van der Waals surface area (Å²) in [5.74, 6) is 0.836. The van der Waals surface area contributed by atoms with Gasteiger partial charge in [0, 0.05) is 12.6 Å². The molecular formula is C19H19BrN2O5. The van der Waals surface area contributed by atoms with E-state index in [4.69, 9.17) is 14.2 Å². The van der Waals surface area contributed by atoms with Crippen molar-refractivity contribution in [1.29, 1.82) is 0 Å². The fourth-order valence-corrected chi connectivity index (χ4v) is 3.43. The lowest BCUT2D eigenvalue weighted by atomic mass is 10.1. The van der Waals surface area contributed by atoms with E-state index in [0.717, 1.165) is 0 Å². The molecule has 0 spiro atoms. The first-order chi connectivity index (χ1) is 13.0. The zero-order valence-corrected chi connectivity index (χ0v) is 16.7. The number of methoxy groups -OCH3 is 2. The molecule has 0 saturated carbocycles. The molecule has 8 heteroatoms. The Balaban J connectivity index is 2.04. The molecule has 27 heavy (non-hydrogen) atoms. The molecule has 7 nitrogen and oxygen atoms in total. The number of halogens is 1. The smallest absolute Gasteiger partial charge is 0.262 e. The van der Waals surface area contributed by atoms with Crippen LogP contribution >= 0.6 is 15.9 Å². The molecule has 0 bridgehead atoms. The summed E-state index contributed by atoms with van der Waals surface area (Å²) in [4.78, 5) is 26.9. The van der Waals surface area contributed by atoms with Gasteiger partial charge in [-0.15, -0.1) is 0 Å². The molecule has 0 aliphatic carbocycles. The molecule has 1 aliphatic heterocycles. The van der Waals surface area contributed by atoms with Crippen LogP contribution in [0.4, 0.5) is 5.69 Å². The van der Waals surface area contributed by atoms with E-state index in [2.05, 4.69) is 21.2 Å². The number of nitrogens with one attached hydrogen (secondary N) is 1. The van der Waals surface area contributed by atoms with E-state index < -0.39 is 6.10 Å². The highest BCUT2D eigenvalue weighted by Gasteiger charge is 2.34. The number of rotatable bonds is 4. The van der Waals surface area contributed by atoms with E-state index in [1.807, 2.05) is 6.07 Å². The second-order valence-electron chi connectivity index (χ2n) is 5.80. The first kappa shape index (κ1) is 19.0. The molecule has 0 aromatic heterocycles. The average Bonchev–Trinajstić information content (AvgIpc) is 2.71. The molecular weight excluding hydrogens is 416 g/mol. The lowest BCUT2D eigenvalue weighted by molar-refractivity contribution is -0.127. The number of nitrogens with zero attached hydrogens (tertiary/aromatic N) is 1. The van der Waals surface area contributed by atoms with E-state index >= 15 is 0 Å².